The van der Waals surface area contributed by atoms with Gasteiger partial charge in [-0.25, -0.2) is 0 Å². The zero-order valence-corrected chi connectivity index (χ0v) is 23.3. The van der Waals surface area contributed by atoms with Crippen molar-refractivity contribution in [2.45, 2.75) is 46.1 Å². The molecule has 3 rings (SSSR count). The lowest BCUT2D eigenvalue weighted by molar-refractivity contribution is 0.128. The van der Waals surface area contributed by atoms with Crippen molar-refractivity contribution in [1.82, 2.24) is 5.32 Å². The molecule has 0 amide bonds. The topological polar surface area (TPSA) is 91.2 Å². The lowest BCUT2D eigenvalue weighted by Gasteiger charge is -2.18. The standard InChI is InChI=1S/C29H36ClN2O4P/c1-21-8-9-25(16-22(21)2)17-28(27-6-4-7-29(30)18-27)20-36-32-23(3)26-12-10-24(11-13-26)19-31-14-5-15-37(33,34)35/h4,6-13,16,18,28,31H,5,14-15,17,19-20H2,1-3H3,(H2,33,34,35)/b32-23+. The van der Waals surface area contributed by atoms with Gasteiger partial charge in [0.25, 0.3) is 0 Å². The third-order valence-corrected chi connectivity index (χ3v) is 7.49. The Morgan fingerprint density at radius 3 is 2.43 bits per heavy atom. The van der Waals surface area contributed by atoms with Crippen LogP contribution in [0.25, 0.3) is 0 Å². The first-order valence-electron chi connectivity index (χ1n) is 12.4. The number of rotatable bonds is 13. The number of hydrogen-bond acceptors (Lipinski definition) is 4. The van der Waals surface area contributed by atoms with Crippen LogP contribution in [-0.4, -0.2) is 34.8 Å². The Bertz CT molecular complexity index is 1240. The van der Waals surface area contributed by atoms with Crippen LogP contribution in [-0.2, 0) is 22.4 Å². The van der Waals surface area contributed by atoms with Crippen molar-refractivity contribution >= 4 is 24.9 Å². The molecule has 0 aromatic heterocycles. The SMILES string of the molecule is C/C(=N\OCC(Cc1ccc(C)c(C)c1)c1cccc(Cl)c1)c1ccc(CNCCCP(=O)(O)O)cc1. The summed E-state index contributed by atoms with van der Waals surface area (Å²) < 4.78 is 10.9. The molecule has 0 bridgehead atoms. The van der Waals surface area contributed by atoms with E-state index in [1.165, 1.54) is 16.7 Å². The Morgan fingerprint density at radius 1 is 1.03 bits per heavy atom. The van der Waals surface area contributed by atoms with Crippen LogP contribution in [0.5, 0.6) is 0 Å². The Morgan fingerprint density at radius 2 is 1.76 bits per heavy atom. The summed E-state index contributed by atoms with van der Waals surface area (Å²) in [6.07, 6.45) is 1.16. The molecular formula is C29H36ClN2O4P. The number of aryl methyl sites for hydroxylation is 2. The second-order valence-electron chi connectivity index (χ2n) is 9.46. The van der Waals surface area contributed by atoms with E-state index < -0.39 is 7.60 Å². The first-order valence-corrected chi connectivity index (χ1v) is 14.6. The maximum atomic E-state index is 10.9. The van der Waals surface area contributed by atoms with Crippen molar-refractivity contribution in [1.29, 1.82) is 0 Å². The molecular weight excluding hydrogens is 507 g/mol. The van der Waals surface area contributed by atoms with Gasteiger partial charge in [0, 0.05) is 17.5 Å². The van der Waals surface area contributed by atoms with E-state index in [1.807, 2.05) is 49.4 Å². The third kappa shape index (κ3) is 10.1. The number of nitrogens with zero attached hydrogens (tertiary/aromatic N) is 1. The first kappa shape index (κ1) is 29.1. The van der Waals surface area contributed by atoms with Gasteiger partial charge in [0.15, 0.2) is 0 Å². The van der Waals surface area contributed by atoms with Crippen LogP contribution in [0.4, 0.5) is 0 Å². The minimum Gasteiger partial charge on any atom is -0.395 e. The number of nitrogens with one attached hydrogen (secondary N) is 1. The zero-order chi connectivity index (χ0) is 26.8. The Labute approximate surface area is 224 Å². The number of halogens is 1. The lowest BCUT2D eigenvalue weighted by atomic mass is 9.91. The Kier molecular flexibility index (Phi) is 10.9. The van der Waals surface area contributed by atoms with Crippen LogP contribution < -0.4 is 5.32 Å². The van der Waals surface area contributed by atoms with Crippen LogP contribution in [0, 0.1) is 13.8 Å². The fourth-order valence-electron chi connectivity index (χ4n) is 4.03. The summed E-state index contributed by atoms with van der Waals surface area (Å²) in [5.74, 6) is 0.108. The molecule has 0 aliphatic heterocycles. The molecule has 198 valence electrons. The Balaban J connectivity index is 1.58. The summed E-state index contributed by atoms with van der Waals surface area (Å²) in [6, 6.07) is 22.5. The second kappa shape index (κ2) is 13.9. The predicted molar refractivity (Wildman–Crippen MR) is 152 cm³/mol. The van der Waals surface area contributed by atoms with Gasteiger partial charge in [0.1, 0.15) is 6.61 Å². The predicted octanol–water partition coefficient (Wildman–Crippen LogP) is 6.38. The first-order chi connectivity index (χ1) is 17.6. The highest BCUT2D eigenvalue weighted by Gasteiger charge is 2.15. The fraction of sp³-hybridized carbons (Fsp3) is 0.345. The maximum absolute atomic E-state index is 10.9. The monoisotopic (exact) mass is 542 g/mol. The van der Waals surface area contributed by atoms with E-state index in [-0.39, 0.29) is 12.1 Å². The summed E-state index contributed by atoms with van der Waals surface area (Å²) in [5, 5.41) is 8.30. The van der Waals surface area contributed by atoms with Crippen LogP contribution >= 0.6 is 19.2 Å². The van der Waals surface area contributed by atoms with Gasteiger partial charge in [0.2, 0.25) is 0 Å². The molecule has 0 saturated heterocycles. The van der Waals surface area contributed by atoms with Crippen molar-refractivity contribution in [2.75, 3.05) is 19.3 Å². The molecule has 1 unspecified atom stereocenters. The summed E-state index contributed by atoms with van der Waals surface area (Å²) in [6.45, 7) is 7.79. The van der Waals surface area contributed by atoms with Crippen molar-refractivity contribution in [2.24, 2.45) is 5.16 Å². The molecule has 3 N–H and O–H groups in total. The average Bonchev–Trinajstić information content (AvgIpc) is 2.85. The molecule has 0 heterocycles. The normalized spacial score (nSPS) is 13.0. The van der Waals surface area contributed by atoms with Gasteiger partial charge in [0.05, 0.1) is 11.9 Å². The van der Waals surface area contributed by atoms with E-state index in [0.29, 0.717) is 31.1 Å². The summed E-state index contributed by atoms with van der Waals surface area (Å²) in [5.41, 5.74) is 7.77. The summed E-state index contributed by atoms with van der Waals surface area (Å²) >= 11 is 6.28. The quantitative estimate of drug-likeness (QED) is 0.101. The number of hydrogen-bond donors (Lipinski definition) is 3. The molecule has 6 nitrogen and oxygen atoms in total. The van der Waals surface area contributed by atoms with Crippen LogP contribution in [0.3, 0.4) is 0 Å². The van der Waals surface area contributed by atoms with E-state index in [2.05, 4.69) is 48.6 Å². The highest BCUT2D eigenvalue weighted by molar-refractivity contribution is 7.51. The molecule has 3 aromatic carbocycles. The van der Waals surface area contributed by atoms with Crippen molar-refractivity contribution in [3.8, 4) is 0 Å². The minimum atomic E-state index is -3.92. The van der Waals surface area contributed by atoms with Crippen LogP contribution in [0.15, 0.2) is 71.9 Å². The third-order valence-electron chi connectivity index (χ3n) is 6.35. The van der Waals surface area contributed by atoms with E-state index >= 15 is 0 Å². The van der Waals surface area contributed by atoms with E-state index in [4.69, 9.17) is 26.2 Å². The molecule has 8 heteroatoms. The Hall–Kier alpha value is -2.47. The van der Waals surface area contributed by atoms with Crippen LogP contribution in [0.1, 0.15) is 52.6 Å². The van der Waals surface area contributed by atoms with E-state index in [9.17, 15) is 4.57 Å². The summed E-state index contributed by atoms with van der Waals surface area (Å²) in [4.78, 5) is 23.7. The van der Waals surface area contributed by atoms with E-state index in [1.54, 1.807) is 0 Å². The van der Waals surface area contributed by atoms with Gasteiger partial charge < -0.3 is 19.9 Å². The van der Waals surface area contributed by atoms with Crippen molar-refractivity contribution in [3.63, 3.8) is 0 Å². The van der Waals surface area contributed by atoms with Gasteiger partial charge in [-0.15, -0.1) is 0 Å². The number of benzene rings is 3. The van der Waals surface area contributed by atoms with Crippen molar-refractivity contribution in [3.05, 3.63) is 105 Å². The minimum absolute atomic E-state index is 0.0998. The molecule has 3 aromatic rings. The van der Waals surface area contributed by atoms with Gasteiger partial charge >= 0.3 is 7.60 Å². The lowest BCUT2D eigenvalue weighted by Crippen LogP contribution is -2.15. The molecule has 0 saturated carbocycles. The van der Waals surface area contributed by atoms with Gasteiger partial charge in [-0.05, 0) is 85.7 Å². The van der Waals surface area contributed by atoms with Crippen molar-refractivity contribution < 1.29 is 19.2 Å². The number of oxime groups is 1. The molecule has 0 aliphatic rings. The van der Waals surface area contributed by atoms with E-state index in [0.717, 1.165) is 28.8 Å². The summed E-state index contributed by atoms with van der Waals surface area (Å²) in [7, 11) is -3.92. The molecule has 0 fully saturated rings. The largest absolute Gasteiger partial charge is 0.395 e. The molecule has 37 heavy (non-hydrogen) atoms. The van der Waals surface area contributed by atoms with Gasteiger partial charge in [-0.3, -0.25) is 4.57 Å². The smallest absolute Gasteiger partial charge is 0.325 e. The molecule has 1 atom stereocenters. The maximum Gasteiger partial charge on any atom is 0.325 e. The fourth-order valence-corrected chi connectivity index (χ4v) is 4.80. The molecule has 0 spiro atoms. The molecule has 0 radical (unpaired) electrons. The molecule has 0 aliphatic carbocycles. The second-order valence-corrected chi connectivity index (χ2v) is 11.7. The van der Waals surface area contributed by atoms with Gasteiger partial charge in [-0.1, -0.05) is 71.4 Å². The van der Waals surface area contributed by atoms with Gasteiger partial charge in [-0.2, -0.15) is 0 Å². The highest BCUT2D eigenvalue weighted by Crippen LogP contribution is 2.34. The highest BCUT2D eigenvalue weighted by atomic mass is 35.5. The zero-order valence-electron chi connectivity index (χ0n) is 21.7. The average molecular weight is 543 g/mol. The van der Waals surface area contributed by atoms with Crippen LogP contribution in [0.2, 0.25) is 5.02 Å².